The van der Waals surface area contributed by atoms with Crippen molar-refractivity contribution < 1.29 is 14.6 Å². The zero-order valence-corrected chi connectivity index (χ0v) is 34.4. The Morgan fingerprint density at radius 2 is 1.64 bits per heavy atom. The minimum absolute atomic E-state index is 0.0524. The molecule has 1 unspecified atom stereocenters. The summed E-state index contributed by atoms with van der Waals surface area (Å²) < 4.78 is 8.11. The molecule has 1 amide bonds. The Labute approximate surface area is 343 Å². The Bertz CT molecular complexity index is 1900. The summed E-state index contributed by atoms with van der Waals surface area (Å²) in [4.78, 5) is 38.8. The van der Waals surface area contributed by atoms with Gasteiger partial charge in [-0.2, -0.15) is 9.61 Å². The lowest BCUT2D eigenvalue weighted by atomic mass is 9.93. The number of pyridine rings is 1. The number of nitrogens with zero attached hydrogens (tertiary/aromatic N) is 9. The number of aryl methyl sites for hydroxylation is 1. The third kappa shape index (κ3) is 9.99. The van der Waals surface area contributed by atoms with E-state index in [4.69, 9.17) is 9.72 Å². The first kappa shape index (κ1) is 40.2. The van der Waals surface area contributed by atoms with Crippen LogP contribution < -0.4 is 25.2 Å². The molecule has 0 aromatic carbocycles. The van der Waals surface area contributed by atoms with Crippen molar-refractivity contribution in [1.29, 1.82) is 0 Å². The third-order valence-electron chi connectivity index (χ3n) is 13.0. The molecule has 3 saturated heterocycles. The van der Waals surface area contributed by atoms with Crippen LogP contribution in [0, 0.1) is 11.8 Å². The van der Waals surface area contributed by atoms with Crippen molar-refractivity contribution in [3.63, 3.8) is 0 Å². The van der Waals surface area contributed by atoms with Gasteiger partial charge in [0.25, 0.3) is 5.91 Å². The van der Waals surface area contributed by atoms with Crippen LogP contribution in [0.2, 0.25) is 0 Å². The molecule has 8 rings (SSSR count). The molecule has 58 heavy (non-hydrogen) atoms. The maximum atomic E-state index is 12.7. The Kier molecular flexibility index (Phi) is 13.5. The number of hydrogen-bond acceptors (Lipinski definition) is 12. The SMILES string of the molecule is CCc1cnn2c(NCc3ccc(OCC4CCN(CC5CCN(c6ncc(C(=O)NC7CCCCC7)cn6)CC5)CC4)nc3)cc(N3CCCCC3CCO)nc12. The van der Waals surface area contributed by atoms with E-state index in [0.717, 1.165) is 138 Å². The van der Waals surface area contributed by atoms with Crippen LogP contribution in [0.5, 0.6) is 5.88 Å². The summed E-state index contributed by atoms with van der Waals surface area (Å²) in [6.07, 6.45) is 22.6. The lowest BCUT2D eigenvalue weighted by molar-refractivity contribution is 0.0927. The minimum Gasteiger partial charge on any atom is -0.477 e. The number of amides is 1. The van der Waals surface area contributed by atoms with Gasteiger partial charge < -0.3 is 35.2 Å². The molecule has 14 nitrogen and oxygen atoms in total. The number of carbonyl (C=O) groups is 1. The van der Waals surface area contributed by atoms with Crippen molar-refractivity contribution >= 4 is 29.1 Å². The third-order valence-corrected chi connectivity index (χ3v) is 13.0. The van der Waals surface area contributed by atoms with E-state index in [-0.39, 0.29) is 18.6 Å². The first-order valence-corrected chi connectivity index (χ1v) is 22.2. The topological polar surface area (TPSA) is 149 Å². The van der Waals surface area contributed by atoms with Crippen LogP contribution in [0.4, 0.5) is 17.6 Å². The molecule has 3 N–H and O–H groups in total. The molecular weight excluding hydrogens is 731 g/mol. The van der Waals surface area contributed by atoms with Crippen LogP contribution in [0.3, 0.4) is 0 Å². The van der Waals surface area contributed by atoms with Crippen molar-refractivity contribution in [3.8, 4) is 5.88 Å². The van der Waals surface area contributed by atoms with E-state index in [1.54, 1.807) is 12.4 Å². The number of ether oxygens (including phenoxy) is 1. The number of fused-ring (bicyclic) bond motifs is 1. The van der Waals surface area contributed by atoms with E-state index in [0.29, 0.717) is 42.5 Å². The van der Waals surface area contributed by atoms with E-state index >= 15 is 0 Å². The Hall–Kier alpha value is -4.56. The highest BCUT2D eigenvalue weighted by molar-refractivity contribution is 5.93. The second kappa shape index (κ2) is 19.5. The molecule has 3 aliphatic heterocycles. The van der Waals surface area contributed by atoms with Gasteiger partial charge in [-0.25, -0.2) is 19.9 Å². The van der Waals surface area contributed by atoms with E-state index in [2.05, 4.69) is 64.4 Å². The molecule has 1 atom stereocenters. The number of nitrogens with one attached hydrogen (secondary N) is 2. The quantitative estimate of drug-likeness (QED) is 0.132. The molecule has 0 spiro atoms. The van der Waals surface area contributed by atoms with Crippen LogP contribution in [-0.4, -0.2) is 110 Å². The number of anilines is 3. The largest absolute Gasteiger partial charge is 0.477 e. The van der Waals surface area contributed by atoms with E-state index in [9.17, 15) is 9.90 Å². The van der Waals surface area contributed by atoms with E-state index < -0.39 is 0 Å². The fraction of sp³-hybridized carbons (Fsp3) is 0.636. The number of carbonyl (C=O) groups excluding carboxylic acids is 1. The van der Waals surface area contributed by atoms with Gasteiger partial charge in [0.2, 0.25) is 11.8 Å². The molecular formula is C44H63N11O3. The van der Waals surface area contributed by atoms with Gasteiger partial charge in [0, 0.05) is 87.7 Å². The number of piperidine rings is 3. The summed E-state index contributed by atoms with van der Waals surface area (Å²) in [5.41, 5.74) is 3.63. The van der Waals surface area contributed by atoms with E-state index in [1.807, 2.05) is 23.0 Å². The van der Waals surface area contributed by atoms with Gasteiger partial charge >= 0.3 is 0 Å². The standard InChI is InChI=1S/C44H63N11O3/c1-2-35-29-49-55-39(24-40(51-42(35)55)54-18-7-6-10-38(54)17-23-56)45-25-34-11-12-41(46-26-34)58-31-33-13-19-52(20-14-33)30-32-15-21-53(22-16-32)44-47-27-36(28-48-44)43(57)50-37-8-4-3-5-9-37/h11-12,24,26-29,32-33,37-38,45,56H,2-10,13-23,25,30-31H2,1H3,(H,50,57). The first-order valence-electron chi connectivity index (χ1n) is 22.2. The van der Waals surface area contributed by atoms with Crippen molar-refractivity contribution in [2.45, 2.75) is 115 Å². The summed E-state index contributed by atoms with van der Waals surface area (Å²) in [7, 11) is 0. The van der Waals surface area contributed by atoms with Crippen LogP contribution in [-0.2, 0) is 13.0 Å². The van der Waals surface area contributed by atoms with Crippen LogP contribution in [0.25, 0.3) is 5.65 Å². The van der Waals surface area contributed by atoms with Crippen LogP contribution >= 0.6 is 0 Å². The molecule has 1 saturated carbocycles. The molecule has 0 bridgehead atoms. The number of aliphatic hydroxyl groups is 1. The Balaban J connectivity index is 0.753. The van der Waals surface area contributed by atoms with Crippen molar-refractivity contribution in [2.75, 3.05) is 67.6 Å². The van der Waals surface area contributed by atoms with Gasteiger partial charge in [0.05, 0.1) is 18.4 Å². The lowest BCUT2D eigenvalue weighted by Crippen LogP contribution is -2.42. The van der Waals surface area contributed by atoms with Gasteiger partial charge in [-0.3, -0.25) is 4.79 Å². The summed E-state index contributed by atoms with van der Waals surface area (Å²) in [6, 6.07) is 6.76. The van der Waals surface area contributed by atoms with Crippen molar-refractivity contribution in [2.24, 2.45) is 11.8 Å². The number of likely N-dealkylation sites (tertiary alicyclic amines) is 1. The van der Waals surface area contributed by atoms with Crippen LogP contribution in [0.1, 0.15) is 112 Å². The summed E-state index contributed by atoms with van der Waals surface area (Å²) in [6.45, 7) is 9.85. The second-order valence-electron chi connectivity index (χ2n) is 17.0. The van der Waals surface area contributed by atoms with Crippen LogP contribution in [0.15, 0.2) is 43.0 Å². The van der Waals surface area contributed by atoms with Gasteiger partial charge in [0.1, 0.15) is 11.6 Å². The summed E-state index contributed by atoms with van der Waals surface area (Å²) in [5.74, 6) is 4.42. The zero-order valence-electron chi connectivity index (χ0n) is 34.4. The molecule has 0 radical (unpaired) electrons. The molecule has 7 heterocycles. The summed E-state index contributed by atoms with van der Waals surface area (Å²) in [5, 5.41) is 21.2. The molecule has 14 heteroatoms. The minimum atomic E-state index is -0.0524. The number of rotatable bonds is 15. The van der Waals surface area contributed by atoms with Crippen molar-refractivity contribution in [3.05, 3.63) is 59.7 Å². The average molecular weight is 794 g/mol. The van der Waals surface area contributed by atoms with Gasteiger partial charge in [0.15, 0.2) is 5.65 Å². The number of hydrogen-bond donors (Lipinski definition) is 3. The van der Waals surface area contributed by atoms with Gasteiger partial charge in [-0.1, -0.05) is 32.3 Å². The molecule has 312 valence electrons. The van der Waals surface area contributed by atoms with E-state index in [1.165, 1.54) is 25.7 Å². The smallest absolute Gasteiger partial charge is 0.254 e. The number of aromatic nitrogens is 6. The predicted octanol–water partition coefficient (Wildman–Crippen LogP) is 5.90. The molecule has 4 aliphatic rings. The maximum Gasteiger partial charge on any atom is 0.254 e. The maximum absolute atomic E-state index is 12.7. The molecule has 4 aromatic rings. The van der Waals surface area contributed by atoms with Crippen molar-refractivity contribution in [1.82, 2.24) is 39.8 Å². The normalized spacial score (nSPS) is 20.4. The Morgan fingerprint density at radius 3 is 2.38 bits per heavy atom. The fourth-order valence-electron chi connectivity index (χ4n) is 9.40. The monoisotopic (exact) mass is 794 g/mol. The number of aliphatic hydroxyl groups excluding tert-OH is 1. The molecule has 4 fully saturated rings. The fourth-order valence-corrected chi connectivity index (χ4v) is 9.40. The molecule has 1 aliphatic carbocycles. The Morgan fingerprint density at radius 1 is 0.862 bits per heavy atom. The second-order valence-corrected chi connectivity index (χ2v) is 17.0. The zero-order chi connectivity index (χ0) is 39.7. The average Bonchev–Trinajstić information content (AvgIpc) is 3.70. The van der Waals surface area contributed by atoms with Gasteiger partial charge in [-0.05, 0) is 101 Å². The highest BCUT2D eigenvalue weighted by Gasteiger charge is 2.28. The first-order chi connectivity index (χ1) is 28.5. The lowest BCUT2D eigenvalue weighted by Gasteiger charge is -2.37. The van der Waals surface area contributed by atoms with Gasteiger partial charge in [-0.15, -0.1) is 0 Å². The summed E-state index contributed by atoms with van der Waals surface area (Å²) >= 11 is 0. The molecule has 4 aromatic heterocycles. The highest BCUT2D eigenvalue weighted by Crippen LogP contribution is 2.30. The predicted molar refractivity (Wildman–Crippen MR) is 227 cm³/mol. The highest BCUT2D eigenvalue weighted by atomic mass is 16.5.